The molecule has 0 saturated heterocycles. The molecule has 0 spiro atoms. The maximum absolute atomic E-state index is 5.91. The number of halogens is 1. The predicted octanol–water partition coefficient (Wildman–Crippen LogP) is 6.40. The van der Waals surface area contributed by atoms with E-state index in [4.69, 9.17) is 23.8 Å². The van der Waals surface area contributed by atoms with Gasteiger partial charge in [0.25, 0.3) is 0 Å². The Morgan fingerprint density at radius 1 is 0.870 bits per heavy atom. The lowest BCUT2D eigenvalue weighted by Gasteiger charge is -2.21. The summed E-state index contributed by atoms with van der Waals surface area (Å²) >= 11 is 11.4. The normalized spacial score (nSPS) is 10.9. The molecule has 0 heterocycles. The van der Waals surface area contributed by atoms with Gasteiger partial charge in [-0.25, -0.2) is 0 Å². The molecule has 2 aromatic carbocycles. The van der Waals surface area contributed by atoms with Crippen LogP contribution in [0.15, 0.2) is 42.5 Å². The smallest absolute Gasteiger partial charge is 0.175 e. The highest BCUT2D eigenvalue weighted by Crippen LogP contribution is 2.32. The minimum Gasteiger partial charge on any atom is -0.332 e. The highest BCUT2D eigenvalue weighted by Gasteiger charge is 2.14. The number of nitrogens with one attached hydrogen (secondary N) is 2. The number of rotatable bonds is 4. The average Bonchev–Trinajstić information content (AvgIpc) is 2.49. The van der Waals surface area contributed by atoms with Crippen molar-refractivity contribution < 1.29 is 0 Å². The van der Waals surface area contributed by atoms with Crippen LogP contribution < -0.4 is 10.6 Å². The lowest BCUT2D eigenvalue weighted by atomic mass is 9.93. The van der Waals surface area contributed by atoms with Crippen LogP contribution in [-0.4, -0.2) is 5.11 Å². The minimum absolute atomic E-state index is 0.425. The molecule has 0 radical (unpaired) electrons. The quantitative estimate of drug-likeness (QED) is 0.626. The molecule has 4 heteroatoms. The van der Waals surface area contributed by atoms with Gasteiger partial charge in [0.1, 0.15) is 0 Å². The van der Waals surface area contributed by atoms with Gasteiger partial charge in [-0.05, 0) is 59.4 Å². The Morgan fingerprint density at radius 2 is 1.39 bits per heavy atom. The first-order valence-electron chi connectivity index (χ1n) is 7.85. The molecular formula is C19H23ClN2S. The van der Waals surface area contributed by atoms with E-state index in [1.165, 1.54) is 11.1 Å². The van der Waals surface area contributed by atoms with Gasteiger partial charge >= 0.3 is 0 Å². The molecule has 0 atom stereocenters. The summed E-state index contributed by atoms with van der Waals surface area (Å²) in [6, 6.07) is 13.9. The van der Waals surface area contributed by atoms with Crippen molar-refractivity contribution in [2.75, 3.05) is 10.6 Å². The molecule has 2 N–H and O–H groups in total. The Bertz CT molecular complexity index is 652. The summed E-state index contributed by atoms with van der Waals surface area (Å²) in [5, 5.41) is 7.90. The lowest BCUT2D eigenvalue weighted by molar-refractivity contribution is 0.839. The second-order valence-electron chi connectivity index (χ2n) is 6.21. The summed E-state index contributed by atoms with van der Waals surface area (Å²) in [6.45, 7) is 8.78. The molecule has 2 nitrogen and oxygen atoms in total. The van der Waals surface area contributed by atoms with E-state index in [2.05, 4.69) is 56.5 Å². The standard InChI is InChI=1S/C19H23ClN2S/c1-12(2)16-6-5-7-17(13(3)4)18(16)22-19(23)21-15-10-8-14(20)9-11-15/h5-13H,1-4H3,(H2,21,22,23). The molecular weight excluding hydrogens is 324 g/mol. The molecule has 0 saturated carbocycles. The van der Waals surface area contributed by atoms with Crippen LogP contribution in [0.1, 0.15) is 50.7 Å². The average molecular weight is 347 g/mol. The van der Waals surface area contributed by atoms with E-state index in [1.807, 2.05) is 24.3 Å². The van der Waals surface area contributed by atoms with Gasteiger partial charge in [0.05, 0.1) is 0 Å². The van der Waals surface area contributed by atoms with E-state index in [9.17, 15) is 0 Å². The fourth-order valence-electron chi connectivity index (χ4n) is 2.50. The predicted molar refractivity (Wildman–Crippen MR) is 106 cm³/mol. The Hall–Kier alpha value is -1.58. The summed E-state index contributed by atoms with van der Waals surface area (Å²) in [5.74, 6) is 0.851. The Balaban J connectivity index is 2.24. The number of para-hydroxylation sites is 1. The summed E-state index contributed by atoms with van der Waals surface area (Å²) in [5.41, 5.74) is 4.58. The highest BCUT2D eigenvalue weighted by molar-refractivity contribution is 7.80. The molecule has 0 aromatic heterocycles. The molecule has 23 heavy (non-hydrogen) atoms. The number of anilines is 2. The minimum atomic E-state index is 0.425. The molecule has 2 rings (SSSR count). The SMILES string of the molecule is CC(C)c1cccc(C(C)C)c1NC(=S)Nc1ccc(Cl)cc1. The van der Waals surface area contributed by atoms with Crippen LogP contribution >= 0.6 is 23.8 Å². The third kappa shape index (κ3) is 4.69. The summed E-state index contributed by atoms with van der Waals surface area (Å²) in [4.78, 5) is 0. The number of hydrogen-bond donors (Lipinski definition) is 2. The lowest BCUT2D eigenvalue weighted by Crippen LogP contribution is -2.21. The third-order valence-electron chi connectivity index (χ3n) is 3.71. The topological polar surface area (TPSA) is 24.1 Å². The van der Waals surface area contributed by atoms with E-state index >= 15 is 0 Å². The summed E-state index contributed by atoms with van der Waals surface area (Å²) < 4.78 is 0. The van der Waals surface area contributed by atoms with E-state index in [0.29, 0.717) is 22.0 Å². The van der Waals surface area contributed by atoms with Gasteiger partial charge in [0, 0.05) is 16.4 Å². The molecule has 0 aliphatic heterocycles. The monoisotopic (exact) mass is 346 g/mol. The fraction of sp³-hybridized carbons (Fsp3) is 0.316. The molecule has 122 valence electrons. The molecule has 0 aliphatic carbocycles. The first-order valence-corrected chi connectivity index (χ1v) is 8.63. The van der Waals surface area contributed by atoms with Gasteiger partial charge in [0.2, 0.25) is 0 Å². The fourth-order valence-corrected chi connectivity index (χ4v) is 2.85. The van der Waals surface area contributed by atoms with Crippen LogP contribution in [0.2, 0.25) is 5.02 Å². The Morgan fingerprint density at radius 3 is 1.87 bits per heavy atom. The van der Waals surface area contributed by atoms with Crippen molar-refractivity contribution in [2.45, 2.75) is 39.5 Å². The first kappa shape index (κ1) is 17.8. The zero-order chi connectivity index (χ0) is 17.0. The third-order valence-corrected chi connectivity index (χ3v) is 4.17. The maximum Gasteiger partial charge on any atom is 0.175 e. The second-order valence-corrected chi connectivity index (χ2v) is 7.05. The number of hydrogen-bond acceptors (Lipinski definition) is 1. The van der Waals surface area contributed by atoms with Crippen LogP contribution in [0.25, 0.3) is 0 Å². The van der Waals surface area contributed by atoms with Crippen molar-refractivity contribution in [1.82, 2.24) is 0 Å². The van der Waals surface area contributed by atoms with Crippen LogP contribution in [0.4, 0.5) is 11.4 Å². The Kier molecular flexibility index (Phi) is 6.03. The van der Waals surface area contributed by atoms with Gasteiger partial charge in [-0.15, -0.1) is 0 Å². The van der Waals surface area contributed by atoms with Crippen molar-refractivity contribution >= 4 is 40.3 Å². The zero-order valence-corrected chi connectivity index (χ0v) is 15.6. The van der Waals surface area contributed by atoms with E-state index < -0.39 is 0 Å². The van der Waals surface area contributed by atoms with E-state index in [-0.39, 0.29) is 0 Å². The molecule has 0 fully saturated rings. The van der Waals surface area contributed by atoms with Crippen LogP contribution in [0.5, 0.6) is 0 Å². The summed E-state index contributed by atoms with van der Waals surface area (Å²) in [6.07, 6.45) is 0. The first-order chi connectivity index (χ1) is 10.9. The zero-order valence-electron chi connectivity index (χ0n) is 14.0. The van der Waals surface area contributed by atoms with E-state index in [1.54, 1.807) is 0 Å². The van der Waals surface area contributed by atoms with Crippen LogP contribution in [0.3, 0.4) is 0 Å². The Labute approximate surface area is 149 Å². The van der Waals surface area contributed by atoms with Crippen LogP contribution in [0, 0.1) is 0 Å². The van der Waals surface area contributed by atoms with Crippen molar-refractivity contribution in [3.05, 3.63) is 58.6 Å². The van der Waals surface area contributed by atoms with Gasteiger partial charge in [-0.1, -0.05) is 57.5 Å². The molecule has 0 bridgehead atoms. The van der Waals surface area contributed by atoms with E-state index in [0.717, 1.165) is 11.4 Å². The van der Waals surface area contributed by atoms with Gasteiger partial charge in [0.15, 0.2) is 5.11 Å². The molecule has 0 aliphatic rings. The molecule has 0 amide bonds. The largest absolute Gasteiger partial charge is 0.332 e. The van der Waals surface area contributed by atoms with Crippen molar-refractivity contribution in [1.29, 1.82) is 0 Å². The van der Waals surface area contributed by atoms with Gasteiger partial charge in [-0.2, -0.15) is 0 Å². The van der Waals surface area contributed by atoms with Crippen molar-refractivity contribution in [2.24, 2.45) is 0 Å². The number of benzene rings is 2. The van der Waals surface area contributed by atoms with Crippen molar-refractivity contribution in [3.8, 4) is 0 Å². The van der Waals surface area contributed by atoms with Crippen molar-refractivity contribution in [3.63, 3.8) is 0 Å². The van der Waals surface area contributed by atoms with Crippen LogP contribution in [-0.2, 0) is 0 Å². The van der Waals surface area contributed by atoms with Gasteiger partial charge in [-0.3, -0.25) is 0 Å². The van der Waals surface area contributed by atoms with Gasteiger partial charge < -0.3 is 10.6 Å². The second kappa shape index (κ2) is 7.80. The highest BCUT2D eigenvalue weighted by atomic mass is 35.5. The summed E-state index contributed by atoms with van der Waals surface area (Å²) in [7, 11) is 0. The number of thiocarbonyl (C=S) groups is 1. The molecule has 0 unspecified atom stereocenters. The maximum atomic E-state index is 5.91. The molecule has 2 aromatic rings.